The molecule has 24 aromatic rings. The Labute approximate surface area is 867 Å². The summed E-state index contributed by atoms with van der Waals surface area (Å²) in [5, 5.41) is 1.14. The maximum absolute atomic E-state index is 12.4. The van der Waals surface area contributed by atoms with Gasteiger partial charge in [0.1, 0.15) is 0 Å². The van der Waals surface area contributed by atoms with E-state index in [1.807, 2.05) is 144 Å². The lowest BCUT2D eigenvalue weighted by Crippen LogP contribution is -2.41. The van der Waals surface area contributed by atoms with Crippen molar-refractivity contribution in [2.45, 2.75) is 19.4 Å². The average Bonchev–Trinajstić information content (AvgIpc) is 1.59. The maximum atomic E-state index is 12.4. The number of Topliss-reactive ketones (excluding diaryl/α,β-unsaturated/α-hetero) is 2. The summed E-state index contributed by atoms with van der Waals surface area (Å²) in [5.74, 6) is 0.256. The highest BCUT2D eigenvalue weighted by Crippen LogP contribution is 2.49. The summed E-state index contributed by atoms with van der Waals surface area (Å²) in [7, 11) is 0. The fourth-order valence-electron chi connectivity index (χ4n) is 18.6. The second-order valence-electron chi connectivity index (χ2n) is 35.1. The first kappa shape index (κ1) is 96.9. The summed E-state index contributed by atoms with van der Waals surface area (Å²) < 4.78 is 8.86. The normalized spacial score (nSPS) is 10.7. The number of hydrogen-bond acceptors (Lipinski definition) is 4. The third-order valence-corrected chi connectivity index (χ3v) is 26.4. The van der Waals surface area contributed by atoms with Crippen molar-refractivity contribution in [1.29, 1.82) is 0 Å². The molecule has 0 atom stereocenters. The van der Waals surface area contributed by atoms with Crippen LogP contribution in [0.4, 0.5) is 17.1 Å². The van der Waals surface area contributed by atoms with Crippen LogP contribution >= 0.6 is 27.5 Å². The van der Waals surface area contributed by atoms with Gasteiger partial charge >= 0.3 is 0 Å². The highest BCUT2D eigenvalue weighted by Gasteiger charge is 2.26. The van der Waals surface area contributed by atoms with Crippen molar-refractivity contribution >= 4 is 72.7 Å². The Hall–Kier alpha value is -18.0. The third-order valence-electron chi connectivity index (χ3n) is 25.6. The smallest absolute Gasteiger partial charge is 0.227 e. The SMILES string of the molecule is Clc1ccc(-c2c(-c3ccccc3)c(-c3ccccc3)c3ccccn23)cc1.O=C(CBr)c1ccccc1.O=C(C[n+]1ccccc1Cc1ccccc1)c1ccccc1.c1ccc(-c2ccc(N(c3ccc(-c4ccccc4)cc3)c3ccc(-c4c(-c5ccccc5)c(-c5ccccc5)c5ccccn45)cc3)cc2)cc1.c1ccc(-c2cn3ccccc3c2-c2ccccc2)cc1.c1ccc(Cc2ccccn2)cc1. The zero-order valence-electron chi connectivity index (χ0n) is 80.6. The van der Waals surface area contributed by atoms with Crippen LogP contribution in [0.1, 0.15) is 43.2 Å². The minimum atomic E-state index is 0.126. The van der Waals surface area contributed by atoms with Crippen LogP contribution < -0.4 is 9.47 Å². The number of rotatable bonds is 22. The van der Waals surface area contributed by atoms with Gasteiger partial charge in [-0.3, -0.25) is 14.6 Å². The topological polar surface area (TPSA) is 67.4 Å². The predicted molar refractivity (Wildman–Crippen MR) is 611 cm³/mol. The molecule has 8 nitrogen and oxygen atoms in total. The van der Waals surface area contributed by atoms with Gasteiger partial charge in [0.2, 0.25) is 12.3 Å². The molecule has 0 spiro atoms. The van der Waals surface area contributed by atoms with Crippen LogP contribution in [0.25, 0.3) is 128 Å². The molecule has 0 N–H and O–H groups in total. The summed E-state index contributed by atoms with van der Waals surface area (Å²) in [6, 6.07) is 191. The minimum Gasteiger partial charge on any atom is -0.323 e. The van der Waals surface area contributed by atoms with E-state index in [1.54, 1.807) is 0 Å². The lowest BCUT2D eigenvalue weighted by molar-refractivity contribution is -0.690. The fraction of sp³-hybridized carbons (Fsp3) is 0.0294. The average molecular weight is 1970 g/mol. The second-order valence-corrected chi connectivity index (χ2v) is 36.1. The molecule has 8 aromatic heterocycles. The quantitative estimate of drug-likeness (QED) is 0.0385. The van der Waals surface area contributed by atoms with Gasteiger partial charge in [-0.05, 0) is 175 Å². The summed E-state index contributed by atoms with van der Waals surface area (Å²) in [5.41, 5.74) is 37.6. The van der Waals surface area contributed by atoms with E-state index in [9.17, 15) is 9.59 Å². The van der Waals surface area contributed by atoms with Crippen LogP contribution in [-0.2, 0) is 19.4 Å². The molecule has 146 heavy (non-hydrogen) atoms. The Morgan fingerprint density at radius 1 is 0.274 bits per heavy atom. The molecular formula is C136H105BrClN6O2+. The van der Waals surface area contributed by atoms with E-state index < -0.39 is 0 Å². The van der Waals surface area contributed by atoms with Crippen molar-refractivity contribution in [1.82, 2.24) is 18.2 Å². The van der Waals surface area contributed by atoms with Crippen molar-refractivity contribution in [3.8, 4) is 112 Å². The van der Waals surface area contributed by atoms with E-state index in [0.717, 1.165) is 68.6 Å². The van der Waals surface area contributed by atoms with E-state index in [1.165, 1.54) is 128 Å². The molecule has 0 radical (unpaired) electrons. The molecule has 16 aromatic carbocycles. The number of anilines is 3. The standard InChI is InChI=1S/C50H36N2.C26H18ClN.C20H18NO.C20H15N.C12H11N.C8H7BrO/c1-5-15-37(16-6-1)39-24-30-44(31-25-39)52(45-32-26-40(27-33-45)38-17-7-2-8-18-38)46-34-28-43(29-35-46)50-49(42-21-11-4-12-22-42)48(41-19-9-3-10-20-41)47-23-13-14-36-51(47)50;27-22-16-14-21(15-17-22)26-25(20-11-5-2-6-12-20)24(19-9-3-1-4-10-19)23-13-7-8-18-28(23)26;22-20(18-11-5-2-6-12-18)16-21-14-8-7-13-19(21)15-17-9-3-1-4-10-17;1-3-9-16(10-4-1)18-15-21-14-8-7-13-19(21)20(18)17-11-5-2-6-12-17;1-2-6-11(7-3-1)10-12-8-4-5-9-13-12;9-6-8(10)7-4-2-1-3-5-7/h1-36H;1-18H;1-14H,15-16H2;1-15H;1-9H,10H2;1-5H,6H2/q;;+1;;;. The molecular weight excluding hydrogens is 1860 g/mol. The Balaban J connectivity index is 0.000000121. The van der Waals surface area contributed by atoms with Crippen LogP contribution in [0.15, 0.2) is 589 Å². The van der Waals surface area contributed by atoms with Crippen LogP contribution in [-0.4, -0.2) is 35.1 Å². The molecule has 704 valence electrons. The minimum absolute atomic E-state index is 0.126. The summed E-state index contributed by atoms with van der Waals surface area (Å²) in [4.78, 5) is 30.0. The van der Waals surface area contributed by atoms with Gasteiger partial charge < -0.3 is 18.1 Å². The molecule has 0 saturated heterocycles. The van der Waals surface area contributed by atoms with E-state index >= 15 is 0 Å². The van der Waals surface area contributed by atoms with Gasteiger partial charge in [0.15, 0.2) is 17.7 Å². The van der Waals surface area contributed by atoms with Crippen LogP contribution in [0, 0.1) is 0 Å². The number of pyridine rings is 5. The Morgan fingerprint density at radius 3 is 1.01 bits per heavy atom. The van der Waals surface area contributed by atoms with E-state index in [2.05, 4.69) is 488 Å². The number of carbonyl (C=O) groups is 2. The van der Waals surface area contributed by atoms with Gasteiger partial charge in [0, 0.05) is 122 Å². The van der Waals surface area contributed by atoms with Crippen molar-refractivity contribution in [2.75, 3.05) is 10.2 Å². The number of carbonyl (C=O) groups excluding carboxylic acids is 2. The summed E-state index contributed by atoms with van der Waals surface area (Å²) >= 11 is 9.27. The molecule has 0 bridgehead atoms. The zero-order valence-corrected chi connectivity index (χ0v) is 82.9. The molecule has 10 heteroatoms. The van der Waals surface area contributed by atoms with E-state index in [-0.39, 0.29) is 11.6 Å². The number of benzene rings is 16. The molecule has 0 fully saturated rings. The maximum Gasteiger partial charge on any atom is 0.227 e. The third kappa shape index (κ3) is 23.7. The van der Waals surface area contributed by atoms with Crippen LogP contribution in [0.5, 0.6) is 0 Å². The van der Waals surface area contributed by atoms with Gasteiger partial charge in [0.05, 0.1) is 39.7 Å². The number of halogens is 2. The molecule has 0 aliphatic rings. The van der Waals surface area contributed by atoms with Gasteiger partial charge in [-0.15, -0.1) is 0 Å². The molecule has 24 rings (SSSR count). The number of ketones is 2. The molecule has 0 amide bonds. The number of fused-ring (bicyclic) bond motifs is 3. The van der Waals surface area contributed by atoms with Crippen molar-refractivity contribution in [3.05, 3.63) is 628 Å². The van der Waals surface area contributed by atoms with Gasteiger partial charge in [0.25, 0.3) is 0 Å². The lowest BCUT2D eigenvalue weighted by Gasteiger charge is -2.26. The highest BCUT2D eigenvalue weighted by molar-refractivity contribution is 9.09. The summed E-state index contributed by atoms with van der Waals surface area (Å²) in [6.07, 6.45) is 14.2. The van der Waals surface area contributed by atoms with Crippen molar-refractivity contribution in [3.63, 3.8) is 0 Å². The van der Waals surface area contributed by atoms with E-state index in [4.69, 9.17) is 11.6 Å². The largest absolute Gasteiger partial charge is 0.323 e. The first-order valence-corrected chi connectivity index (χ1v) is 50.5. The van der Waals surface area contributed by atoms with Crippen LogP contribution in [0.3, 0.4) is 0 Å². The van der Waals surface area contributed by atoms with Gasteiger partial charge in [-0.1, -0.05) is 470 Å². The number of alkyl halides is 1. The van der Waals surface area contributed by atoms with E-state index in [0.29, 0.717) is 11.9 Å². The zero-order chi connectivity index (χ0) is 99.2. The highest BCUT2D eigenvalue weighted by atomic mass is 79.9. The molecule has 0 unspecified atom stereocenters. The molecule has 8 heterocycles. The van der Waals surface area contributed by atoms with Gasteiger partial charge in [-0.2, -0.15) is 4.57 Å². The number of hydrogen-bond donors (Lipinski definition) is 0. The molecule has 0 aliphatic carbocycles. The molecule has 0 saturated carbocycles. The predicted octanol–water partition coefficient (Wildman–Crippen LogP) is 35.0. The molecule has 0 aliphatic heterocycles. The van der Waals surface area contributed by atoms with Crippen LogP contribution in [0.2, 0.25) is 5.02 Å². The number of nitrogens with zero attached hydrogens (tertiary/aromatic N) is 6. The second kappa shape index (κ2) is 48.5. The Bertz CT molecular complexity index is 8170. The summed E-state index contributed by atoms with van der Waals surface area (Å²) in [6.45, 7) is 0.368. The monoisotopic (exact) mass is 1970 g/mol. The first-order chi connectivity index (χ1) is 72.2. The Kier molecular flexibility index (Phi) is 32.1. The van der Waals surface area contributed by atoms with Crippen molar-refractivity contribution in [2.24, 2.45) is 0 Å². The van der Waals surface area contributed by atoms with Crippen molar-refractivity contribution < 1.29 is 14.2 Å². The Morgan fingerprint density at radius 2 is 0.596 bits per heavy atom. The lowest BCUT2D eigenvalue weighted by atomic mass is 9.93. The fourth-order valence-corrected chi connectivity index (χ4v) is 19.1. The first-order valence-electron chi connectivity index (χ1n) is 49.0. The number of aromatic nitrogens is 5. The van der Waals surface area contributed by atoms with Gasteiger partial charge in [-0.25, -0.2) is 0 Å².